The number of hydrogen-bond acceptors (Lipinski definition) is 6. The maximum atomic E-state index is 12.0. The molecule has 1 amide bonds. The van der Waals surface area contributed by atoms with Crippen LogP contribution in [0.1, 0.15) is 33.6 Å². The van der Waals surface area contributed by atoms with E-state index in [1.54, 1.807) is 17.7 Å². The van der Waals surface area contributed by atoms with Gasteiger partial charge in [-0.25, -0.2) is 14.8 Å². The van der Waals surface area contributed by atoms with Gasteiger partial charge >= 0.3 is 6.09 Å². The number of thiophene rings is 1. The third-order valence-corrected chi connectivity index (χ3v) is 4.50. The molecule has 1 saturated heterocycles. The van der Waals surface area contributed by atoms with Crippen LogP contribution in [-0.4, -0.2) is 40.8 Å². The number of aromatic nitrogens is 2. The summed E-state index contributed by atoms with van der Waals surface area (Å²) in [6, 6.07) is 2.13. The van der Waals surface area contributed by atoms with Gasteiger partial charge in [-0.15, -0.1) is 11.3 Å². The van der Waals surface area contributed by atoms with Gasteiger partial charge in [-0.1, -0.05) is 0 Å². The first-order chi connectivity index (χ1) is 10.9. The summed E-state index contributed by atoms with van der Waals surface area (Å²) in [5.74, 6) is 0.951. The van der Waals surface area contributed by atoms with E-state index in [9.17, 15) is 4.79 Å². The van der Waals surface area contributed by atoms with Gasteiger partial charge < -0.3 is 15.0 Å². The monoisotopic (exact) mass is 334 g/mol. The second-order valence-corrected chi connectivity index (χ2v) is 7.66. The van der Waals surface area contributed by atoms with Crippen molar-refractivity contribution in [2.24, 2.45) is 0 Å². The van der Waals surface area contributed by atoms with Crippen molar-refractivity contribution in [3.8, 4) is 0 Å². The Kier molecular flexibility index (Phi) is 4.39. The molecule has 0 radical (unpaired) electrons. The summed E-state index contributed by atoms with van der Waals surface area (Å²) in [6.45, 7) is 7.28. The van der Waals surface area contributed by atoms with Crippen LogP contribution in [0.4, 0.5) is 10.6 Å². The van der Waals surface area contributed by atoms with Crippen molar-refractivity contribution < 1.29 is 9.53 Å². The molecule has 0 bridgehead atoms. The Balaban J connectivity index is 1.69. The molecule has 124 valence electrons. The minimum absolute atomic E-state index is 0.0715. The Bertz CT molecular complexity index is 695. The molecule has 1 aliphatic heterocycles. The molecule has 0 spiro atoms. The lowest BCUT2D eigenvalue weighted by Gasteiger charge is -2.34. The van der Waals surface area contributed by atoms with Crippen molar-refractivity contribution in [3.05, 3.63) is 17.8 Å². The first kappa shape index (κ1) is 16.0. The van der Waals surface area contributed by atoms with Gasteiger partial charge in [0.05, 0.1) is 5.39 Å². The average molecular weight is 334 g/mol. The predicted molar refractivity (Wildman–Crippen MR) is 92.0 cm³/mol. The Morgan fingerprint density at radius 1 is 1.43 bits per heavy atom. The normalized spacial score (nSPS) is 18.9. The van der Waals surface area contributed by atoms with Crippen LogP contribution in [-0.2, 0) is 4.74 Å². The molecular formula is C16H22N4O2S. The number of carbonyl (C=O) groups excluding carboxylic acids is 1. The maximum absolute atomic E-state index is 12.0. The van der Waals surface area contributed by atoms with E-state index in [0.717, 1.165) is 42.0 Å². The number of rotatable bonds is 2. The predicted octanol–water partition coefficient (Wildman–Crippen LogP) is 3.18. The topological polar surface area (TPSA) is 67.3 Å². The number of nitrogens with one attached hydrogen (secondary N) is 1. The summed E-state index contributed by atoms with van der Waals surface area (Å²) in [6.07, 6.45) is 3.22. The number of carbonyl (C=O) groups is 1. The molecule has 0 aliphatic carbocycles. The average Bonchev–Trinajstić information content (AvgIpc) is 2.93. The molecule has 0 unspecified atom stereocenters. The second kappa shape index (κ2) is 6.31. The molecule has 3 rings (SSSR count). The molecule has 6 nitrogen and oxygen atoms in total. The fourth-order valence-corrected chi connectivity index (χ4v) is 3.52. The number of alkyl carbamates (subject to hydrolysis) is 1. The van der Waals surface area contributed by atoms with Crippen LogP contribution in [0.5, 0.6) is 0 Å². The van der Waals surface area contributed by atoms with Gasteiger partial charge in [0.15, 0.2) is 0 Å². The molecule has 7 heteroatoms. The summed E-state index contributed by atoms with van der Waals surface area (Å²) in [5, 5.41) is 6.08. The molecule has 3 heterocycles. The number of anilines is 1. The fourth-order valence-electron chi connectivity index (χ4n) is 2.79. The number of hydrogen-bond donors (Lipinski definition) is 1. The van der Waals surface area contributed by atoms with Crippen LogP contribution in [0, 0.1) is 0 Å². The molecule has 2 aromatic rings. The summed E-state index contributed by atoms with van der Waals surface area (Å²) in [7, 11) is 0. The lowest BCUT2D eigenvalue weighted by Crippen LogP contribution is -2.49. The zero-order valence-electron chi connectivity index (χ0n) is 13.7. The Labute approximate surface area is 139 Å². The summed E-state index contributed by atoms with van der Waals surface area (Å²) < 4.78 is 5.35. The fraction of sp³-hybridized carbons (Fsp3) is 0.562. The van der Waals surface area contributed by atoms with E-state index in [1.165, 1.54) is 0 Å². The van der Waals surface area contributed by atoms with Crippen LogP contribution in [0.15, 0.2) is 17.8 Å². The molecular weight excluding hydrogens is 312 g/mol. The van der Waals surface area contributed by atoms with Crippen LogP contribution < -0.4 is 10.2 Å². The Morgan fingerprint density at radius 3 is 3.04 bits per heavy atom. The van der Waals surface area contributed by atoms with Crippen LogP contribution in [0.2, 0.25) is 0 Å². The highest BCUT2D eigenvalue weighted by Crippen LogP contribution is 2.28. The first-order valence-electron chi connectivity index (χ1n) is 7.85. The lowest BCUT2D eigenvalue weighted by atomic mass is 10.1. The highest BCUT2D eigenvalue weighted by Gasteiger charge is 2.25. The Hall–Kier alpha value is -1.89. The third-order valence-electron chi connectivity index (χ3n) is 3.68. The van der Waals surface area contributed by atoms with Crippen LogP contribution in [0.25, 0.3) is 10.2 Å². The Morgan fingerprint density at radius 2 is 2.26 bits per heavy atom. The van der Waals surface area contributed by atoms with Crippen molar-refractivity contribution in [2.75, 3.05) is 18.0 Å². The molecule has 0 aromatic carbocycles. The van der Waals surface area contributed by atoms with E-state index in [2.05, 4.69) is 26.3 Å². The zero-order chi connectivity index (χ0) is 16.4. The summed E-state index contributed by atoms with van der Waals surface area (Å²) >= 11 is 1.62. The standard InChI is InChI=1S/C16H22N4O2S/c1-16(2,3)22-15(21)19-11-5-4-7-20(9-11)13-12-6-8-23-14(12)18-10-17-13/h6,8,10-11H,4-5,7,9H2,1-3H3,(H,19,21)/t11-/m1/s1. The van der Waals surface area contributed by atoms with Crippen molar-refractivity contribution >= 4 is 33.5 Å². The van der Waals surface area contributed by atoms with E-state index in [4.69, 9.17) is 4.74 Å². The highest BCUT2D eigenvalue weighted by molar-refractivity contribution is 7.16. The number of piperidine rings is 1. The zero-order valence-corrected chi connectivity index (χ0v) is 14.5. The van der Waals surface area contributed by atoms with E-state index in [0.29, 0.717) is 0 Å². The van der Waals surface area contributed by atoms with Gasteiger partial charge in [-0.3, -0.25) is 0 Å². The van der Waals surface area contributed by atoms with Crippen molar-refractivity contribution in [3.63, 3.8) is 0 Å². The first-order valence-corrected chi connectivity index (χ1v) is 8.73. The van der Waals surface area contributed by atoms with Crippen molar-refractivity contribution in [1.82, 2.24) is 15.3 Å². The van der Waals surface area contributed by atoms with Crippen LogP contribution >= 0.6 is 11.3 Å². The van der Waals surface area contributed by atoms with Gasteiger partial charge in [-0.05, 0) is 45.1 Å². The molecule has 0 saturated carbocycles. The van der Waals surface area contributed by atoms with E-state index in [-0.39, 0.29) is 12.1 Å². The van der Waals surface area contributed by atoms with Gasteiger partial charge in [0, 0.05) is 19.1 Å². The van der Waals surface area contributed by atoms with Gasteiger partial charge in [0.1, 0.15) is 22.6 Å². The number of nitrogens with zero attached hydrogens (tertiary/aromatic N) is 3. The minimum atomic E-state index is -0.478. The minimum Gasteiger partial charge on any atom is -0.444 e. The molecule has 23 heavy (non-hydrogen) atoms. The lowest BCUT2D eigenvalue weighted by molar-refractivity contribution is 0.0500. The summed E-state index contributed by atoms with van der Waals surface area (Å²) in [4.78, 5) is 23.9. The molecule has 2 aromatic heterocycles. The van der Waals surface area contributed by atoms with E-state index >= 15 is 0 Å². The molecule has 1 atom stereocenters. The van der Waals surface area contributed by atoms with Crippen molar-refractivity contribution in [2.45, 2.75) is 45.3 Å². The van der Waals surface area contributed by atoms with Gasteiger partial charge in [-0.2, -0.15) is 0 Å². The quantitative estimate of drug-likeness (QED) is 0.913. The van der Waals surface area contributed by atoms with Gasteiger partial charge in [0.2, 0.25) is 0 Å². The van der Waals surface area contributed by atoms with Crippen LogP contribution in [0.3, 0.4) is 0 Å². The van der Waals surface area contributed by atoms with E-state index in [1.807, 2.05) is 26.2 Å². The smallest absolute Gasteiger partial charge is 0.407 e. The van der Waals surface area contributed by atoms with E-state index < -0.39 is 5.60 Å². The largest absolute Gasteiger partial charge is 0.444 e. The summed E-state index contributed by atoms with van der Waals surface area (Å²) in [5.41, 5.74) is -0.478. The third kappa shape index (κ3) is 3.90. The highest BCUT2D eigenvalue weighted by atomic mass is 32.1. The second-order valence-electron chi connectivity index (χ2n) is 6.77. The number of amides is 1. The SMILES string of the molecule is CC(C)(C)OC(=O)N[C@@H]1CCCN(c2ncnc3sccc23)C1. The van der Waals surface area contributed by atoms with Gasteiger partial charge in [0.25, 0.3) is 0 Å². The molecule has 1 fully saturated rings. The maximum Gasteiger partial charge on any atom is 0.407 e. The molecule has 1 aliphatic rings. The molecule has 1 N–H and O–H groups in total. The number of fused-ring (bicyclic) bond motifs is 1. The number of ether oxygens (including phenoxy) is 1. The van der Waals surface area contributed by atoms with Crippen molar-refractivity contribution in [1.29, 1.82) is 0 Å².